The first kappa shape index (κ1) is 29.8. The second-order valence-electron chi connectivity index (χ2n) is 13.4. The fraction of sp³-hybridized carbons (Fsp3) is 0.645. The van der Waals surface area contributed by atoms with Gasteiger partial charge in [-0.15, -0.1) is 20.4 Å². The molecule has 2 aromatic heterocycles. The van der Waals surface area contributed by atoms with Crippen LogP contribution >= 0.6 is 11.6 Å². The molecule has 1 atom stereocenters. The van der Waals surface area contributed by atoms with Crippen molar-refractivity contribution in [1.82, 2.24) is 34.8 Å². The molecule has 4 heterocycles. The molecule has 2 aliphatic heterocycles. The molecule has 7 rings (SSSR count). The highest BCUT2D eigenvalue weighted by Crippen LogP contribution is 2.50. The number of aryl methyl sites for hydroxylation is 1. The molecule has 0 radical (unpaired) electrons. The molecular weight excluding hydrogens is 587 g/mol. The minimum Gasteiger partial charge on any atom is -0.433 e. The lowest BCUT2D eigenvalue weighted by atomic mass is 9.67. The van der Waals surface area contributed by atoms with Gasteiger partial charge in [0.2, 0.25) is 5.28 Å². The van der Waals surface area contributed by atoms with Gasteiger partial charge in [0.25, 0.3) is 5.88 Å². The van der Waals surface area contributed by atoms with Crippen molar-refractivity contribution in [2.24, 2.45) is 17.3 Å². The Hall–Kier alpha value is -2.93. The van der Waals surface area contributed by atoms with Gasteiger partial charge in [-0.1, -0.05) is 13.8 Å². The topological polar surface area (TPSA) is 104 Å². The van der Waals surface area contributed by atoms with Crippen molar-refractivity contribution in [3.05, 3.63) is 40.9 Å². The fourth-order valence-corrected chi connectivity index (χ4v) is 7.88. The van der Waals surface area contributed by atoms with Crippen LogP contribution in [0.5, 0.6) is 11.6 Å². The van der Waals surface area contributed by atoms with Crippen LogP contribution in [-0.2, 0) is 9.47 Å². The van der Waals surface area contributed by atoms with Crippen molar-refractivity contribution < 1.29 is 18.6 Å². The summed E-state index contributed by atoms with van der Waals surface area (Å²) in [5.74, 6) is 3.25. The number of rotatable bonds is 10. The lowest BCUT2D eigenvalue weighted by Gasteiger charge is -2.58. The lowest BCUT2D eigenvalue weighted by molar-refractivity contribution is -0.282. The predicted molar refractivity (Wildman–Crippen MR) is 162 cm³/mol. The van der Waals surface area contributed by atoms with Gasteiger partial charge < -0.3 is 19.1 Å². The summed E-state index contributed by atoms with van der Waals surface area (Å²) in [7, 11) is 3.47. The van der Waals surface area contributed by atoms with Crippen molar-refractivity contribution in [1.29, 1.82) is 0 Å². The number of methoxy groups -OCH3 is 2. The van der Waals surface area contributed by atoms with Gasteiger partial charge in [0.1, 0.15) is 17.5 Å². The zero-order chi connectivity index (χ0) is 30.8. The highest BCUT2D eigenvalue weighted by atomic mass is 35.5. The van der Waals surface area contributed by atoms with Crippen LogP contribution in [0.25, 0.3) is 5.69 Å². The number of likely N-dealkylation sites (tertiary alicyclic amines) is 1. The SMILES string of the molecule is COC1(OC)CC([C@@H](C(C)C)N2CC3(CCN(c4nc(Cl)nnc4Oc4ccc(F)cc4-n4c(C)nnc4C4CC4)C3)C2)C1. The molecule has 4 aliphatic rings. The maximum Gasteiger partial charge on any atom is 0.282 e. The minimum atomic E-state index is -0.433. The predicted octanol–water partition coefficient (Wildman–Crippen LogP) is 5.16. The average molecular weight is 627 g/mol. The third-order valence-electron chi connectivity index (χ3n) is 10.1. The summed E-state index contributed by atoms with van der Waals surface area (Å²) in [5.41, 5.74) is 0.677. The molecule has 236 valence electrons. The van der Waals surface area contributed by atoms with Gasteiger partial charge in [0.15, 0.2) is 17.4 Å². The molecule has 1 aromatic carbocycles. The van der Waals surface area contributed by atoms with Gasteiger partial charge in [0.05, 0.1) is 5.69 Å². The first-order valence-electron chi connectivity index (χ1n) is 15.5. The van der Waals surface area contributed by atoms with Crippen molar-refractivity contribution in [2.75, 3.05) is 45.3 Å². The van der Waals surface area contributed by atoms with Crippen LogP contribution in [0, 0.1) is 30.0 Å². The van der Waals surface area contributed by atoms with Crippen LogP contribution in [0.15, 0.2) is 18.2 Å². The normalized spacial score (nSPS) is 22.0. The Morgan fingerprint density at radius 3 is 2.45 bits per heavy atom. The first-order chi connectivity index (χ1) is 21.1. The van der Waals surface area contributed by atoms with Crippen LogP contribution in [-0.4, -0.2) is 87.1 Å². The number of hydrogen-bond acceptors (Lipinski definition) is 10. The monoisotopic (exact) mass is 626 g/mol. The van der Waals surface area contributed by atoms with E-state index in [1.54, 1.807) is 20.3 Å². The van der Waals surface area contributed by atoms with E-state index in [9.17, 15) is 4.39 Å². The number of nitrogens with zero attached hydrogens (tertiary/aromatic N) is 8. The molecule has 44 heavy (non-hydrogen) atoms. The van der Waals surface area contributed by atoms with E-state index in [0.717, 1.165) is 64.1 Å². The number of anilines is 1. The number of aromatic nitrogens is 6. The lowest BCUT2D eigenvalue weighted by Crippen LogP contribution is -2.66. The Labute approximate surface area is 262 Å². The number of benzene rings is 1. The van der Waals surface area contributed by atoms with Gasteiger partial charge in [-0.2, -0.15) is 4.98 Å². The zero-order valence-electron chi connectivity index (χ0n) is 26.0. The van der Waals surface area contributed by atoms with Crippen LogP contribution in [0.4, 0.5) is 10.2 Å². The first-order valence-corrected chi connectivity index (χ1v) is 15.9. The minimum absolute atomic E-state index is 0.0539. The quantitative estimate of drug-likeness (QED) is 0.280. The second kappa shape index (κ2) is 11.1. The summed E-state index contributed by atoms with van der Waals surface area (Å²) in [5, 5.41) is 17.0. The molecule has 3 aromatic rings. The maximum absolute atomic E-state index is 14.6. The molecule has 1 spiro atoms. The molecule has 2 aliphatic carbocycles. The molecule has 11 nitrogen and oxygen atoms in total. The zero-order valence-corrected chi connectivity index (χ0v) is 26.7. The van der Waals surface area contributed by atoms with Crippen LogP contribution in [0.2, 0.25) is 5.28 Å². The number of ether oxygens (including phenoxy) is 3. The molecule has 2 saturated heterocycles. The van der Waals surface area contributed by atoms with E-state index in [-0.39, 0.29) is 22.4 Å². The largest absolute Gasteiger partial charge is 0.433 e. The van der Waals surface area contributed by atoms with E-state index in [4.69, 9.17) is 25.8 Å². The molecule has 0 amide bonds. The summed E-state index contributed by atoms with van der Waals surface area (Å²) >= 11 is 6.27. The van der Waals surface area contributed by atoms with Crippen LogP contribution in [0.1, 0.15) is 63.5 Å². The van der Waals surface area contributed by atoms with Crippen LogP contribution < -0.4 is 9.64 Å². The molecule has 13 heteroatoms. The van der Waals surface area contributed by atoms with E-state index in [1.165, 1.54) is 12.1 Å². The summed E-state index contributed by atoms with van der Waals surface area (Å²) in [6.07, 6.45) is 4.95. The molecule has 0 N–H and O–H groups in total. The fourth-order valence-electron chi connectivity index (χ4n) is 7.76. The van der Waals surface area contributed by atoms with Gasteiger partial charge in [0, 0.05) is 76.7 Å². The average Bonchev–Trinajstić information content (AvgIpc) is 3.59. The maximum atomic E-state index is 14.6. The van der Waals surface area contributed by atoms with Crippen molar-refractivity contribution in [3.8, 4) is 17.3 Å². The third kappa shape index (κ3) is 5.23. The van der Waals surface area contributed by atoms with E-state index in [0.29, 0.717) is 46.9 Å². The standard InChI is InChI=1S/C31H40ClFN8O3/c1-18(2)25(21-13-31(14-21,42-4)43-5)40-16-30(17-40)10-11-39(15-30)27-28(37-38-29(32)34-27)44-24-9-8-22(33)12-23(24)41-19(3)35-36-26(41)20-6-7-20/h8-9,12,18,20-21,25H,6-7,10-11,13-17H2,1-5H3/t25-/m1/s1. The molecule has 4 fully saturated rings. The highest BCUT2D eigenvalue weighted by molar-refractivity contribution is 6.28. The smallest absolute Gasteiger partial charge is 0.282 e. The molecule has 2 saturated carbocycles. The highest BCUT2D eigenvalue weighted by Gasteiger charge is 2.56. The Morgan fingerprint density at radius 1 is 1.02 bits per heavy atom. The number of hydrogen-bond donors (Lipinski definition) is 0. The van der Waals surface area contributed by atoms with Crippen molar-refractivity contribution >= 4 is 17.4 Å². The van der Waals surface area contributed by atoms with Gasteiger partial charge in [-0.25, -0.2) is 4.39 Å². The Balaban J connectivity index is 1.10. The van der Waals surface area contributed by atoms with E-state index < -0.39 is 5.79 Å². The second-order valence-corrected chi connectivity index (χ2v) is 13.8. The Kier molecular flexibility index (Phi) is 7.54. The van der Waals surface area contributed by atoms with Crippen molar-refractivity contribution in [2.45, 2.75) is 70.6 Å². The van der Waals surface area contributed by atoms with Gasteiger partial charge >= 0.3 is 0 Å². The number of halogens is 2. The summed E-state index contributed by atoms with van der Waals surface area (Å²) in [4.78, 5) is 9.41. The summed E-state index contributed by atoms with van der Waals surface area (Å²) in [6.45, 7) is 10.2. The van der Waals surface area contributed by atoms with Gasteiger partial charge in [-0.05, 0) is 61.8 Å². The third-order valence-corrected chi connectivity index (χ3v) is 10.2. The molecular formula is C31H40ClFN8O3. The van der Waals surface area contributed by atoms with Crippen molar-refractivity contribution in [3.63, 3.8) is 0 Å². The molecule has 0 unspecified atom stereocenters. The Bertz CT molecular complexity index is 1530. The van der Waals surface area contributed by atoms with E-state index in [1.807, 2.05) is 11.5 Å². The Morgan fingerprint density at radius 2 is 1.77 bits per heavy atom. The van der Waals surface area contributed by atoms with Crippen LogP contribution in [0.3, 0.4) is 0 Å². The van der Waals surface area contributed by atoms with Gasteiger partial charge in [-0.3, -0.25) is 9.47 Å². The van der Waals surface area contributed by atoms with E-state index in [2.05, 4.69) is 49.0 Å². The summed E-state index contributed by atoms with van der Waals surface area (Å²) in [6, 6.07) is 4.90. The summed E-state index contributed by atoms with van der Waals surface area (Å²) < 4.78 is 34.2. The molecule has 0 bridgehead atoms. The van der Waals surface area contributed by atoms with E-state index >= 15 is 0 Å².